The van der Waals surface area contributed by atoms with E-state index in [4.69, 9.17) is 0 Å². The number of amides is 1. The zero-order chi connectivity index (χ0) is 17.6. The predicted octanol–water partition coefficient (Wildman–Crippen LogP) is 2.38. The van der Waals surface area contributed by atoms with E-state index in [1.54, 1.807) is 0 Å². The lowest BCUT2D eigenvalue weighted by atomic mass is 10.2. The average molecular weight is 381 g/mol. The smallest absolute Gasteiger partial charge is 0.243 e. The Balaban J connectivity index is 1.53. The number of carbonyl (C=O) groups is 1. The molecule has 1 aromatic heterocycles. The van der Waals surface area contributed by atoms with E-state index >= 15 is 0 Å². The number of aromatic nitrogens is 1. The van der Waals surface area contributed by atoms with Gasteiger partial charge in [-0.2, -0.15) is 4.31 Å². The van der Waals surface area contributed by atoms with E-state index in [0.29, 0.717) is 18.1 Å². The molecule has 0 radical (unpaired) electrons. The second-order valence-electron chi connectivity index (χ2n) is 6.19. The summed E-state index contributed by atoms with van der Waals surface area (Å²) in [5.41, 5.74) is 0.835. The largest absolute Gasteiger partial charge is 0.302 e. The summed E-state index contributed by atoms with van der Waals surface area (Å²) in [5.74, 6) is -0.392. The summed E-state index contributed by atoms with van der Waals surface area (Å²) in [6.45, 7) is 0.526. The number of halogens is 1. The first kappa shape index (κ1) is 16.6. The van der Waals surface area contributed by atoms with Crippen LogP contribution in [0.4, 0.5) is 9.52 Å². The fraction of sp³-hybridized carbons (Fsp3) is 0.375. The molecule has 9 heteroatoms. The highest BCUT2D eigenvalue weighted by atomic mass is 32.2. The number of anilines is 1. The van der Waals surface area contributed by atoms with E-state index in [9.17, 15) is 17.6 Å². The summed E-state index contributed by atoms with van der Waals surface area (Å²) >= 11 is 1.32. The number of thiazole rings is 1. The number of hydrogen-bond acceptors (Lipinski definition) is 5. The molecule has 0 atom stereocenters. The zero-order valence-electron chi connectivity index (χ0n) is 13.2. The molecule has 132 valence electrons. The lowest BCUT2D eigenvalue weighted by Gasteiger charge is -2.25. The molecule has 1 amide bonds. The van der Waals surface area contributed by atoms with Crippen LogP contribution >= 0.6 is 11.3 Å². The predicted molar refractivity (Wildman–Crippen MR) is 91.2 cm³/mol. The summed E-state index contributed by atoms with van der Waals surface area (Å²) < 4.78 is 39.8. The van der Waals surface area contributed by atoms with Gasteiger partial charge in [-0.3, -0.25) is 4.79 Å². The minimum Gasteiger partial charge on any atom is -0.302 e. The van der Waals surface area contributed by atoms with Crippen molar-refractivity contribution in [2.75, 3.05) is 11.9 Å². The van der Waals surface area contributed by atoms with Crippen LogP contribution in [0.15, 0.2) is 29.2 Å². The summed E-state index contributed by atoms with van der Waals surface area (Å²) in [7, 11) is -3.68. The standard InChI is InChI=1S/C16H16FN3O3S2/c17-11-3-5-12(6-4-11)25(22,23)20-8-7-13-14(9-20)24-16(18-13)19-15(21)10-1-2-10/h3-6,10H,1-2,7-9H2,(H,18,19,21). The highest BCUT2D eigenvalue weighted by Crippen LogP contribution is 2.34. The fourth-order valence-corrected chi connectivity index (χ4v) is 5.26. The molecule has 1 aromatic carbocycles. The van der Waals surface area contributed by atoms with Crippen molar-refractivity contribution in [3.63, 3.8) is 0 Å². The lowest BCUT2D eigenvalue weighted by Crippen LogP contribution is -2.35. The number of fused-ring (bicyclic) bond motifs is 1. The van der Waals surface area contributed by atoms with Crippen molar-refractivity contribution in [3.05, 3.63) is 40.7 Å². The van der Waals surface area contributed by atoms with Crippen molar-refractivity contribution < 1.29 is 17.6 Å². The van der Waals surface area contributed by atoms with Gasteiger partial charge in [-0.05, 0) is 37.1 Å². The summed E-state index contributed by atoms with van der Waals surface area (Å²) in [6, 6.07) is 4.82. The minimum atomic E-state index is -3.68. The summed E-state index contributed by atoms with van der Waals surface area (Å²) in [4.78, 5) is 17.2. The Morgan fingerprint density at radius 2 is 2.00 bits per heavy atom. The van der Waals surface area contributed by atoms with Crippen molar-refractivity contribution in [2.45, 2.75) is 30.7 Å². The minimum absolute atomic E-state index is 0.0121. The van der Waals surface area contributed by atoms with Gasteiger partial charge in [0.15, 0.2) is 5.13 Å². The molecule has 1 aliphatic heterocycles. The number of hydrogen-bond donors (Lipinski definition) is 1. The SMILES string of the molecule is O=C(Nc1nc2c(s1)CN(S(=O)(=O)c1ccc(F)cc1)CC2)C1CC1. The van der Waals surface area contributed by atoms with E-state index in [0.717, 1.165) is 35.5 Å². The van der Waals surface area contributed by atoms with E-state index < -0.39 is 15.8 Å². The van der Waals surface area contributed by atoms with E-state index in [1.807, 2.05) is 0 Å². The fourth-order valence-electron chi connectivity index (χ4n) is 2.74. The maximum atomic E-state index is 13.0. The lowest BCUT2D eigenvalue weighted by molar-refractivity contribution is -0.117. The molecular weight excluding hydrogens is 365 g/mol. The third-order valence-corrected chi connectivity index (χ3v) is 7.18. The number of nitrogens with zero attached hydrogens (tertiary/aromatic N) is 2. The molecule has 25 heavy (non-hydrogen) atoms. The first-order valence-corrected chi connectivity index (χ1v) is 10.2. The molecule has 1 fully saturated rings. The number of rotatable bonds is 4. The molecule has 0 unspecified atom stereocenters. The molecule has 0 saturated heterocycles. The van der Waals surface area contributed by atoms with E-state index in [1.165, 1.54) is 27.8 Å². The van der Waals surface area contributed by atoms with E-state index in [2.05, 4.69) is 10.3 Å². The molecule has 2 aromatic rings. The highest BCUT2D eigenvalue weighted by molar-refractivity contribution is 7.89. The van der Waals surface area contributed by atoms with E-state index in [-0.39, 0.29) is 23.3 Å². The summed E-state index contributed by atoms with van der Waals surface area (Å²) in [6.07, 6.45) is 2.33. The van der Waals surface area contributed by atoms with Gasteiger partial charge in [-0.15, -0.1) is 11.3 Å². The van der Waals surface area contributed by atoms with Gasteiger partial charge < -0.3 is 5.32 Å². The Morgan fingerprint density at radius 3 is 2.68 bits per heavy atom. The molecule has 1 aliphatic carbocycles. The van der Waals surface area contributed by atoms with Gasteiger partial charge in [-0.1, -0.05) is 0 Å². The topological polar surface area (TPSA) is 79.4 Å². The number of carbonyl (C=O) groups excluding carboxylic acids is 1. The Morgan fingerprint density at radius 1 is 1.28 bits per heavy atom. The van der Waals surface area contributed by atoms with Gasteiger partial charge in [0, 0.05) is 23.8 Å². The molecule has 6 nitrogen and oxygen atoms in total. The van der Waals surface area contributed by atoms with Crippen LogP contribution in [0.2, 0.25) is 0 Å². The van der Waals surface area contributed by atoms with Crippen LogP contribution in [-0.2, 0) is 27.8 Å². The maximum absolute atomic E-state index is 13.0. The van der Waals surface area contributed by atoms with Crippen LogP contribution in [0.3, 0.4) is 0 Å². The first-order valence-electron chi connectivity index (χ1n) is 7.98. The van der Waals surface area contributed by atoms with Crippen LogP contribution in [0.1, 0.15) is 23.4 Å². The van der Waals surface area contributed by atoms with Gasteiger partial charge >= 0.3 is 0 Å². The summed E-state index contributed by atoms with van der Waals surface area (Å²) in [5, 5.41) is 3.34. The normalized spacial score (nSPS) is 18.0. The Bertz CT molecular complexity index is 921. The van der Waals surface area contributed by atoms with Crippen molar-refractivity contribution in [1.29, 1.82) is 0 Å². The third kappa shape index (κ3) is 3.31. The van der Waals surface area contributed by atoms with Crippen molar-refractivity contribution in [3.8, 4) is 0 Å². The number of nitrogens with one attached hydrogen (secondary N) is 1. The van der Waals surface area contributed by atoms with Crippen LogP contribution in [0, 0.1) is 11.7 Å². The molecule has 1 N–H and O–H groups in total. The van der Waals surface area contributed by atoms with Gasteiger partial charge in [0.1, 0.15) is 5.82 Å². The van der Waals surface area contributed by atoms with Crippen LogP contribution < -0.4 is 5.32 Å². The Hall–Kier alpha value is -1.84. The highest BCUT2D eigenvalue weighted by Gasteiger charge is 2.32. The Kier molecular flexibility index (Phi) is 4.09. The maximum Gasteiger partial charge on any atom is 0.243 e. The van der Waals surface area contributed by atoms with Gasteiger partial charge in [0.2, 0.25) is 15.9 Å². The molecule has 2 heterocycles. The number of benzene rings is 1. The average Bonchev–Trinajstić information content (AvgIpc) is 3.35. The van der Waals surface area contributed by atoms with Gasteiger partial charge in [-0.25, -0.2) is 17.8 Å². The van der Waals surface area contributed by atoms with Crippen LogP contribution in [-0.4, -0.2) is 30.2 Å². The third-order valence-electron chi connectivity index (χ3n) is 4.33. The van der Waals surface area contributed by atoms with Crippen LogP contribution in [0.25, 0.3) is 0 Å². The second kappa shape index (κ2) is 6.15. The van der Waals surface area contributed by atoms with Crippen molar-refractivity contribution in [1.82, 2.24) is 9.29 Å². The monoisotopic (exact) mass is 381 g/mol. The zero-order valence-corrected chi connectivity index (χ0v) is 14.9. The van der Waals surface area contributed by atoms with Gasteiger partial charge in [0.25, 0.3) is 0 Å². The van der Waals surface area contributed by atoms with Crippen LogP contribution in [0.5, 0.6) is 0 Å². The quantitative estimate of drug-likeness (QED) is 0.882. The molecular formula is C16H16FN3O3S2. The molecule has 2 aliphatic rings. The molecule has 4 rings (SSSR count). The number of sulfonamides is 1. The molecule has 0 spiro atoms. The van der Waals surface area contributed by atoms with Crippen molar-refractivity contribution >= 4 is 32.4 Å². The van der Waals surface area contributed by atoms with Crippen molar-refractivity contribution in [2.24, 2.45) is 5.92 Å². The molecule has 0 bridgehead atoms. The van der Waals surface area contributed by atoms with Gasteiger partial charge in [0.05, 0.1) is 17.1 Å². The second-order valence-corrected chi connectivity index (χ2v) is 9.22. The Labute approximate surface area is 148 Å². The first-order chi connectivity index (χ1) is 11.9. The molecule has 1 saturated carbocycles.